The second-order valence-electron chi connectivity index (χ2n) is 4.98. The summed E-state index contributed by atoms with van der Waals surface area (Å²) >= 11 is 0. The molecule has 3 heteroatoms. The van der Waals surface area contributed by atoms with Crippen molar-refractivity contribution in [2.24, 2.45) is 0 Å². The standard InChI is InChI=1S/C13H23NO2/c1-2-16-13-4-3-9-14(10-13)11-5-7-12(15)8-6-11/h11,13H,2-10H2,1H3. The molecule has 1 aliphatic carbocycles. The zero-order valence-electron chi connectivity index (χ0n) is 10.3. The molecule has 2 fully saturated rings. The van der Waals surface area contributed by atoms with E-state index in [1.54, 1.807) is 0 Å². The lowest BCUT2D eigenvalue weighted by atomic mass is 9.91. The quantitative estimate of drug-likeness (QED) is 0.735. The maximum Gasteiger partial charge on any atom is 0.133 e. The van der Waals surface area contributed by atoms with Crippen LogP contribution in [0.25, 0.3) is 0 Å². The van der Waals surface area contributed by atoms with Crippen LogP contribution in [0.3, 0.4) is 0 Å². The highest BCUT2D eigenvalue weighted by molar-refractivity contribution is 5.79. The lowest BCUT2D eigenvalue weighted by Gasteiger charge is -2.39. The van der Waals surface area contributed by atoms with Crippen LogP contribution in [-0.2, 0) is 9.53 Å². The van der Waals surface area contributed by atoms with Crippen molar-refractivity contribution >= 4 is 5.78 Å². The molecule has 1 aliphatic heterocycles. The van der Waals surface area contributed by atoms with Crippen molar-refractivity contribution in [3.63, 3.8) is 0 Å². The minimum atomic E-state index is 0.427. The summed E-state index contributed by atoms with van der Waals surface area (Å²) in [6.07, 6.45) is 6.60. The molecule has 3 nitrogen and oxygen atoms in total. The Kier molecular flexibility index (Phi) is 4.36. The van der Waals surface area contributed by atoms with Gasteiger partial charge in [0.25, 0.3) is 0 Å². The third kappa shape index (κ3) is 3.05. The predicted octanol–water partition coefficient (Wildman–Crippen LogP) is 2.00. The van der Waals surface area contributed by atoms with Crippen LogP contribution in [-0.4, -0.2) is 42.5 Å². The van der Waals surface area contributed by atoms with E-state index in [4.69, 9.17) is 4.74 Å². The van der Waals surface area contributed by atoms with E-state index in [0.29, 0.717) is 17.9 Å². The van der Waals surface area contributed by atoms with Gasteiger partial charge in [0.05, 0.1) is 6.10 Å². The van der Waals surface area contributed by atoms with E-state index in [1.807, 2.05) is 0 Å². The van der Waals surface area contributed by atoms with E-state index in [1.165, 1.54) is 19.4 Å². The minimum absolute atomic E-state index is 0.427. The molecule has 2 aliphatic rings. The summed E-state index contributed by atoms with van der Waals surface area (Å²) in [5.74, 6) is 0.453. The Morgan fingerprint density at radius 1 is 1.31 bits per heavy atom. The number of piperidine rings is 1. The Hall–Kier alpha value is -0.410. The van der Waals surface area contributed by atoms with Crippen LogP contribution in [0, 0.1) is 0 Å². The smallest absolute Gasteiger partial charge is 0.133 e. The van der Waals surface area contributed by atoms with Crippen molar-refractivity contribution in [3.8, 4) is 0 Å². The van der Waals surface area contributed by atoms with Gasteiger partial charge in [-0.2, -0.15) is 0 Å². The van der Waals surface area contributed by atoms with Crippen LogP contribution in [0.15, 0.2) is 0 Å². The first-order valence-corrected chi connectivity index (χ1v) is 6.67. The third-order valence-electron chi connectivity index (χ3n) is 3.84. The van der Waals surface area contributed by atoms with Crippen molar-refractivity contribution in [3.05, 3.63) is 0 Å². The number of carbonyl (C=O) groups is 1. The molecule has 92 valence electrons. The zero-order chi connectivity index (χ0) is 11.4. The molecule has 16 heavy (non-hydrogen) atoms. The first kappa shape index (κ1) is 12.1. The maximum absolute atomic E-state index is 11.2. The number of ether oxygens (including phenoxy) is 1. The van der Waals surface area contributed by atoms with Gasteiger partial charge in [0, 0.05) is 32.0 Å². The topological polar surface area (TPSA) is 29.5 Å². The number of nitrogens with zero attached hydrogens (tertiary/aromatic N) is 1. The Labute approximate surface area is 98.1 Å². The lowest BCUT2D eigenvalue weighted by molar-refractivity contribution is -0.121. The van der Waals surface area contributed by atoms with Crippen molar-refractivity contribution in [1.29, 1.82) is 0 Å². The average molecular weight is 225 g/mol. The molecule has 0 radical (unpaired) electrons. The van der Waals surface area contributed by atoms with Gasteiger partial charge in [0.15, 0.2) is 0 Å². The van der Waals surface area contributed by atoms with Gasteiger partial charge in [-0.05, 0) is 39.2 Å². The number of Topliss-reactive ketones (excluding diaryl/α,β-unsaturated/α-hetero) is 1. The van der Waals surface area contributed by atoms with Crippen LogP contribution < -0.4 is 0 Å². The molecule has 1 atom stereocenters. The Bertz CT molecular complexity index is 230. The molecule has 0 spiro atoms. The van der Waals surface area contributed by atoms with Crippen LogP contribution in [0.2, 0.25) is 0 Å². The van der Waals surface area contributed by atoms with Gasteiger partial charge < -0.3 is 4.74 Å². The van der Waals surface area contributed by atoms with Gasteiger partial charge in [-0.3, -0.25) is 9.69 Å². The third-order valence-corrected chi connectivity index (χ3v) is 3.84. The largest absolute Gasteiger partial charge is 0.377 e. The van der Waals surface area contributed by atoms with Gasteiger partial charge in [-0.25, -0.2) is 0 Å². The van der Waals surface area contributed by atoms with E-state index in [-0.39, 0.29) is 0 Å². The normalized spacial score (nSPS) is 29.6. The molecule has 1 heterocycles. The Morgan fingerprint density at radius 3 is 2.75 bits per heavy atom. The highest BCUT2D eigenvalue weighted by Crippen LogP contribution is 2.24. The molecule has 0 amide bonds. The number of rotatable bonds is 3. The first-order valence-electron chi connectivity index (χ1n) is 6.67. The summed E-state index contributed by atoms with van der Waals surface area (Å²) in [6, 6.07) is 0.640. The molecule has 0 aromatic heterocycles. The highest BCUT2D eigenvalue weighted by atomic mass is 16.5. The van der Waals surface area contributed by atoms with E-state index in [0.717, 1.165) is 38.8 Å². The Morgan fingerprint density at radius 2 is 2.06 bits per heavy atom. The predicted molar refractivity (Wildman–Crippen MR) is 63.5 cm³/mol. The Balaban J connectivity index is 1.82. The van der Waals surface area contributed by atoms with E-state index in [2.05, 4.69) is 11.8 Å². The molecule has 0 aromatic carbocycles. The monoisotopic (exact) mass is 225 g/mol. The number of ketones is 1. The lowest BCUT2D eigenvalue weighted by Crippen LogP contribution is -2.46. The number of likely N-dealkylation sites (tertiary alicyclic amines) is 1. The van der Waals surface area contributed by atoms with Gasteiger partial charge in [-0.1, -0.05) is 0 Å². The number of hydrogen-bond donors (Lipinski definition) is 0. The summed E-state index contributed by atoms with van der Waals surface area (Å²) in [6.45, 7) is 5.16. The second-order valence-corrected chi connectivity index (χ2v) is 4.98. The molecular weight excluding hydrogens is 202 g/mol. The number of carbonyl (C=O) groups excluding carboxylic acids is 1. The SMILES string of the molecule is CCOC1CCCN(C2CCC(=O)CC2)C1. The van der Waals surface area contributed by atoms with Crippen molar-refractivity contribution < 1.29 is 9.53 Å². The van der Waals surface area contributed by atoms with E-state index >= 15 is 0 Å². The summed E-state index contributed by atoms with van der Waals surface area (Å²) in [5, 5.41) is 0. The fraction of sp³-hybridized carbons (Fsp3) is 0.923. The van der Waals surface area contributed by atoms with Gasteiger partial charge in [0.1, 0.15) is 5.78 Å². The summed E-state index contributed by atoms with van der Waals surface area (Å²) < 4.78 is 5.72. The fourth-order valence-corrected chi connectivity index (χ4v) is 2.96. The van der Waals surface area contributed by atoms with Gasteiger partial charge in [0.2, 0.25) is 0 Å². The highest BCUT2D eigenvalue weighted by Gasteiger charge is 2.28. The molecule has 0 bridgehead atoms. The summed E-state index contributed by atoms with van der Waals surface area (Å²) in [5.41, 5.74) is 0. The fourth-order valence-electron chi connectivity index (χ4n) is 2.96. The maximum atomic E-state index is 11.2. The van der Waals surface area contributed by atoms with Crippen molar-refractivity contribution in [2.75, 3.05) is 19.7 Å². The molecule has 1 saturated heterocycles. The first-order chi connectivity index (χ1) is 7.79. The van der Waals surface area contributed by atoms with Crippen molar-refractivity contribution in [2.45, 2.75) is 57.6 Å². The zero-order valence-corrected chi connectivity index (χ0v) is 10.3. The van der Waals surface area contributed by atoms with Crippen LogP contribution >= 0.6 is 0 Å². The molecular formula is C13H23NO2. The van der Waals surface area contributed by atoms with E-state index < -0.39 is 0 Å². The van der Waals surface area contributed by atoms with Gasteiger partial charge in [-0.15, -0.1) is 0 Å². The molecule has 0 aromatic rings. The molecule has 0 N–H and O–H groups in total. The summed E-state index contributed by atoms with van der Waals surface area (Å²) in [7, 11) is 0. The summed E-state index contributed by atoms with van der Waals surface area (Å²) in [4.78, 5) is 13.8. The van der Waals surface area contributed by atoms with Gasteiger partial charge >= 0.3 is 0 Å². The average Bonchev–Trinajstić information content (AvgIpc) is 2.31. The minimum Gasteiger partial charge on any atom is -0.377 e. The number of hydrogen-bond acceptors (Lipinski definition) is 3. The van der Waals surface area contributed by atoms with Crippen LogP contribution in [0.4, 0.5) is 0 Å². The van der Waals surface area contributed by atoms with Crippen molar-refractivity contribution in [1.82, 2.24) is 4.90 Å². The van der Waals surface area contributed by atoms with Crippen LogP contribution in [0.5, 0.6) is 0 Å². The van der Waals surface area contributed by atoms with Crippen LogP contribution in [0.1, 0.15) is 45.4 Å². The molecule has 1 saturated carbocycles. The second kappa shape index (κ2) is 5.78. The molecule has 2 rings (SSSR count). The van der Waals surface area contributed by atoms with E-state index in [9.17, 15) is 4.79 Å². The molecule has 1 unspecified atom stereocenters.